The summed E-state index contributed by atoms with van der Waals surface area (Å²) in [7, 11) is 0.946. The molecule has 1 aromatic rings. The normalized spacial score (nSPS) is 11.2. The molecule has 7 nitrogen and oxygen atoms in total. The Kier molecular flexibility index (Phi) is 5.34. The number of rotatable bonds is 6. The second-order valence-corrected chi connectivity index (χ2v) is 6.11. The topological polar surface area (TPSA) is 102 Å². The predicted octanol–water partition coefficient (Wildman–Crippen LogP) is 0.0340. The highest BCUT2D eigenvalue weighted by Crippen LogP contribution is 2.24. The second kappa shape index (κ2) is 6.58. The van der Waals surface area contributed by atoms with Gasteiger partial charge in [0.05, 0.1) is 17.7 Å². The molecule has 112 valence electrons. The van der Waals surface area contributed by atoms with Crippen LogP contribution in [-0.2, 0) is 14.8 Å². The molecule has 1 aromatic carbocycles. The van der Waals surface area contributed by atoms with Crippen molar-refractivity contribution in [2.45, 2.75) is 11.3 Å². The van der Waals surface area contributed by atoms with E-state index in [0.29, 0.717) is 5.69 Å². The molecule has 0 aliphatic rings. The third-order valence-electron chi connectivity index (χ3n) is 2.64. The highest BCUT2D eigenvalue weighted by Gasteiger charge is 2.16. The first-order valence-corrected chi connectivity index (χ1v) is 7.39. The number of amides is 1. The molecule has 0 aromatic heterocycles. The molecule has 1 rings (SSSR count). The molecular weight excluding hydrogens is 282 g/mol. The summed E-state index contributed by atoms with van der Waals surface area (Å²) in [4.78, 5) is 12.8. The lowest BCUT2D eigenvalue weighted by Gasteiger charge is -2.12. The Balaban J connectivity index is 2.77. The third kappa shape index (κ3) is 4.10. The number of hydrogen-bond donors (Lipinski definition) is 2. The molecule has 8 heteroatoms. The third-order valence-corrected chi connectivity index (χ3v) is 4.10. The van der Waals surface area contributed by atoms with Crippen molar-refractivity contribution in [2.75, 3.05) is 33.5 Å². The minimum absolute atomic E-state index is 0.0338. The number of hydrogen-bond acceptors (Lipinski definition) is 5. The Morgan fingerprint density at radius 3 is 2.60 bits per heavy atom. The summed E-state index contributed by atoms with van der Waals surface area (Å²) in [5.74, 6) is 0.139. The lowest BCUT2D eigenvalue weighted by molar-refractivity contribution is -0.128. The first-order chi connectivity index (χ1) is 9.27. The number of sulfonamides is 1. The summed E-state index contributed by atoms with van der Waals surface area (Å²) in [6.07, 6.45) is 0.0956. The molecular formula is C12H19N3O4S. The van der Waals surface area contributed by atoms with Crippen molar-refractivity contribution in [3.05, 3.63) is 18.2 Å². The van der Waals surface area contributed by atoms with Crippen LogP contribution in [0.2, 0.25) is 0 Å². The Morgan fingerprint density at radius 2 is 2.05 bits per heavy atom. The Bertz CT molecular complexity index is 584. The monoisotopic (exact) mass is 301 g/mol. The number of benzene rings is 1. The average Bonchev–Trinajstić information content (AvgIpc) is 2.38. The molecule has 0 bridgehead atoms. The molecule has 20 heavy (non-hydrogen) atoms. The van der Waals surface area contributed by atoms with Gasteiger partial charge in [0, 0.05) is 33.1 Å². The van der Waals surface area contributed by atoms with Gasteiger partial charge in [-0.15, -0.1) is 0 Å². The van der Waals surface area contributed by atoms with Crippen molar-refractivity contribution >= 4 is 21.6 Å². The van der Waals surface area contributed by atoms with Crippen LogP contribution >= 0.6 is 0 Å². The summed E-state index contributed by atoms with van der Waals surface area (Å²) in [6.45, 7) is 0.0338. The Labute approximate surface area is 118 Å². The molecule has 0 fully saturated rings. The molecule has 0 radical (unpaired) electrons. The van der Waals surface area contributed by atoms with Gasteiger partial charge in [-0.25, -0.2) is 13.1 Å². The lowest BCUT2D eigenvalue weighted by Crippen LogP contribution is -2.30. The van der Waals surface area contributed by atoms with Gasteiger partial charge in [-0.1, -0.05) is 0 Å². The average molecular weight is 301 g/mol. The van der Waals surface area contributed by atoms with Gasteiger partial charge < -0.3 is 15.4 Å². The summed E-state index contributed by atoms with van der Waals surface area (Å²) >= 11 is 0. The van der Waals surface area contributed by atoms with Gasteiger partial charge in [0.15, 0.2) is 0 Å². The van der Waals surface area contributed by atoms with Gasteiger partial charge in [-0.2, -0.15) is 0 Å². The van der Waals surface area contributed by atoms with E-state index in [1.165, 1.54) is 30.2 Å². The standard InChI is InChI=1S/C12H19N3O4S/c1-15(2)12(16)6-7-14-20(17,18)9-4-5-10(13)11(8-9)19-3/h4-5,8,14H,6-7,13H2,1-3H3. The molecule has 0 atom stereocenters. The molecule has 0 saturated heterocycles. The van der Waals surface area contributed by atoms with Crippen LogP contribution in [0.15, 0.2) is 23.1 Å². The molecule has 1 amide bonds. The van der Waals surface area contributed by atoms with E-state index < -0.39 is 10.0 Å². The smallest absolute Gasteiger partial charge is 0.240 e. The van der Waals surface area contributed by atoms with E-state index in [9.17, 15) is 13.2 Å². The Morgan fingerprint density at radius 1 is 1.40 bits per heavy atom. The van der Waals surface area contributed by atoms with Crippen LogP contribution in [0.1, 0.15) is 6.42 Å². The van der Waals surface area contributed by atoms with Gasteiger partial charge in [0.25, 0.3) is 0 Å². The van der Waals surface area contributed by atoms with E-state index in [2.05, 4.69) is 4.72 Å². The van der Waals surface area contributed by atoms with Crippen molar-refractivity contribution in [3.63, 3.8) is 0 Å². The van der Waals surface area contributed by atoms with Crippen molar-refractivity contribution in [1.82, 2.24) is 9.62 Å². The van der Waals surface area contributed by atoms with Crippen LogP contribution < -0.4 is 15.2 Å². The number of nitrogens with one attached hydrogen (secondary N) is 1. The number of nitrogens with two attached hydrogens (primary N) is 1. The van der Waals surface area contributed by atoms with Gasteiger partial charge in [-0.05, 0) is 12.1 Å². The van der Waals surface area contributed by atoms with Gasteiger partial charge in [-0.3, -0.25) is 4.79 Å². The minimum atomic E-state index is -3.69. The number of nitrogen functional groups attached to an aromatic ring is 1. The molecule has 0 heterocycles. The number of carbonyl (C=O) groups is 1. The van der Waals surface area contributed by atoms with Crippen LogP contribution in [0.3, 0.4) is 0 Å². The van der Waals surface area contributed by atoms with Crippen LogP contribution in [-0.4, -0.2) is 47.0 Å². The maximum Gasteiger partial charge on any atom is 0.240 e. The summed E-state index contributed by atoms with van der Waals surface area (Å²) in [5.41, 5.74) is 5.98. The van der Waals surface area contributed by atoms with Crippen LogP contribution in [0.25, 0.3) is 0 Å². The summed E-state index contributed by atoms with van der Waals surface area (Å²) in [6, 6.07) is 4.18. The highest BCUT2D eigenvalue weighted by atomic mass is 32.2. The van der Waals surface area contributed by atoms with E-state index in [4.69, 9.17) is 10.5 Å². The van der Waals surface area contributed by atoms with Gasteiger partial charge in [0.1, 0.15) is 5.75 Å². The number of ether oxygens (including phenoxy) is 1. The largest absolute Gasteiger partial charge is 0.495 e. The van der Waals surface area contributed by atoms with Crippen LogP contribution in [0.5, 0.6) is 5.75 Å². The zero-order valence-electron chi connectivity index (χ0n) is 11.7. The molecule has 0 aliphatic heterocycles. The molecule has 0 unspecified atom stereocenters. The number of anilines is 1. The van der Waals surface area contributed by atoms with E-state index in [0.717, 1.165) is 0 Å². The molecule has 3 N–H and O–H groups in total. The van der Waals surface area contributed by atoms with E-state index in [-0.39, 0.29) is 29.5 Å². The lowest BCUT2D eigenvalue weighted by atomic mass is 10.3. The van der Waals surface area contributed by atoms with Crippen LogP contribution in [0.4, 0.5) is 5.69 Å². The van der Waals surface area contributed by atoms with Crippen molar-refractivity contribution in [3.8, 4) is 5.75 Å². The van der Waals surface area contributed by atoms with Crippen molar-refractivity contribution in [2.24, 2.45) is 0 Å². The fourth-order valence-corrected chi connectivity index (χ4v) is 2.50. The molecule has 0 saturated carbocycles. The van der Waals surface area contributed by atoms with Crippen molar-refractivity contribution in [1.29, 1.82) is 0 Å². The van der Waals surface area contributed by atoms with E-state index in [1.54, 1.807) is 14.1 Å². The quantitative estimate of drug-likeness (QED) is 0.722. The fourth-order valence-electron chi connectivity index (χ4n) is 1.46. The van der Waals surface area contributed by atoms with E-state index >= 15 is 0 Å². The predicted molar refractivity (Wildman–Crippen MR) is 75.9 cm³/mol. The fraction of sp³-hybridized carbons (Fsp3) is 0.417. The van der Waals surface area contributed by atoms with Gasteiger partial charge in [0.2, 0.25) is 15.9 Å². The zero-order chi connectivity index (χ0) is 15.3. The van der Waals surface area contributed by atoms with Crippen LogP contribution in [0, 0.1) is 0 Å². The van der Waals surface area contributed by atoms with Crippen molar-refractivity contribution < 1.29 is 17.9 Å². The molecule has 0 aliphatic carbocycles. The minimum Gasteiger partial charge on any atom is -0.495 e. The highest BCUT2D eigenvalue weighted by molar-refractivity contribution is 7.89. The number of carbonyl (C=O) groups excluding carboxylic acids is 1. The first-order valence-electron chi connectivity index (χ1n) is 5.91. The first kappa shape index (κ1) is 16.3. The van der Waals surface area contributed by atoms with E-state index in [1.807, 2.05) is 0 Å². The number of nitrogens with zero attached hydrogens (tertiary/aromatic N) is 1. The SMILES string of the molecule is COc1cc(S(=O)(=O)NCCC(=O)N(C)C)ccc1N. The molecule has 0 spiro atoms. The number of methoxy groups -OCH3 is 1. The summed E-state index contributed by atoms with van der Waals surface area (Å²) < 4.78 is 31.4. The Hall–Kier alpha value is -1.80. The summed E-state index contributed by atoms with van der Waals surface area (Å²) in [5, 5.41) is 0. The van der Waals surface area contributed by atoms with Gasteiger partial charge >= 0.3 is 0 Å². The maximum atomic E-state index is 12.0. The zero-order valence-corrected chi connectivity index (χ0v) is 12.5. The maximum absolute atomic E-state index is 12.0. The second-order valence-electron chi connectivity index (χ2n) is 4.34.